The molecule has 0 bridgehead atoms. The van der Waals surface area contributed by atoms with Crippen LogP contribution in [-0.4, -0.2) is 18.1 Å². The molecule has 1 aromatic heterocycles. The van der Waals surface area contributed by atoms with E-state index in [9.17, 15) is 0 Å². The molecule has 0 aliphatic heterocycles. The zero-order valence-electron chi connectivity index (χ0n) is 13.0. The lowest BCUT2D eigenvalue weighted by Crippen LogP contribution is -2.19. The van der Waals surface area contributed by atoms with E-state index in [-0.39, 0.29) is 0 Å². The van der Waals surface area contributed by atoms with Crippen LogP contribution in [0.3, 0.4) is 0 Å². The summed E-state index contributed by atoms with van der Waals surface area (Å²) in [6.45, 7) is 7.72. The monoisotopic (exact) mass is 285 g/mol. The number of aromatic nitrogens is 1. The van der Waals surface area contributed by atoms with Gasteiger partial charge >= 0.3 is 0 Å². The first-order chi connectivity index (χ1) is 10.2. The van der Waals surface area contributed by atoms with Gasteiger partial charge in [-0.1, -0.05) is 25.1 Å². The van der Waals surface area contributed by atoms with Crippen molar-refractivity contribution in [1.82, 2.24) is 4.98 Å². The number of rotatable bonds is 6. The Labute approximate surface area is 126 Å². The molecule has 21 heavy (non-hydrogen) atoms. The number of nitrogens with zero attached hydrogens (tertiary/aromatic N) is 2. The number of benzene rings is 1. The summed E-state index contributed by atoms with van der Waals surface area (Å²) in [5.74, 6) is 1.37. The minimum atomic E-state index is 0.515. The topological polar surface area (TPSA) is 51.4 Å². The van der Waals surface area contributed by atoms with Crippen molar-refractivity contribution >= 4 is 17.2 Å². The van der Waals surface area contributed by atoms with E-state index >= 15 is 0 Å². The molecule has 112 valence electrons. The second kappa shape index (κ2) is 6.97. The van der Waals surface area contributed by atoms with Gasteiger partial charge in [0.1, 0.15) is 5.82 Å². The molecule has 0 atom stereocenters. The Balaban J connectivity index is 2.36. The number of para-hydroxylation sites is 1. The predicted octanol–water partition coefficient (Wildman–Crippen LogP) is 3.92. The highest BCUT2D eigenvalue weighted by Crippen LogP contribution is 2.30. The lowest BCUT2D eigenvalue weighted by Gasteiger charge is -2.24. The minimum absolute atomic E-state index is 0.515. The van der Waals surface area contributed by atoms with Crippen LogP contribution in [-0.2, 0) is 0 Å². The number of pyridine rings is 1. The smallest absolute Gasteiger partial charge is 0.239 e. The second-order valence-corrected chi connectivity index (χ2v) is 4.94. The minimum Gasteiger partial charge on any atom is -0.476 e. The van der Waals surface area contributed by atoms with Gasteiger partial charge in [0.25, 0.3) is 0 Å². The fraction of sp³-hybridized carbons (Fsp3) is 0.353. The van der Waals surface area contributed by atoms with Gasteiger partial charge < -0.3 is 15.4 Å². The number of hydrogen-bond donors (Lipinski definition) is 1. The van der Waals surface area contributed by atoms with Crippen LogP contribution < -0.4 is 15.4 Å². The summed E-state index contributed by atoms with van der Waals surface area (Å²) >= 11 is 0. The van der Waals surface area contributed by atoms with Crippen LogP contribution in [0.1, 0.15) is 25.8 Å². The van der Waals surface area contributed by atoms with Crippen molar-refractivity contribution in [2.75, 3.05) is 23.8 Å². The molecular formula is C17H23N3O. The van der Waals surface area contributed by atoms with Crippen molar-refractivity contribution in [1.29, 1.82) is 0 Å². The van der Waals surface area contributed by atoms with Gasteiger partial charge in [-0.15, -0.1) is 0 Å². The van der Waals surface area contributed by atoms with E-state index in [4.69, 9.17) is 10.5 Å². The van der Waals surface area contributed by atoms with E-state index in [1.165, 1.54) is 5.56 Å². The number of nitrogen functional groups attached to an aromatic ring is 1. The van der Waals surface area contributed by atoms with E-state index in [1.54, 1.807) is 0 Å². The first kappa shape index (κ1) is 15.2. The van der Waals surface area contributed by atoms with Gasteiger partial charge in [0.05, 0.1) is 12.3 Å². The third-order valence-corrected chi connectivity index (χ3v) is 3.32. The van der Waals surface area contributed by atoms with Crippen LogP contribution in [0.4, 0.5) is 17.2 Å². The van der Waals surface area contributed by atoms with Crippen LogP contribution in [0.2, 0.25) is 0 Å². The van der Waals surface area contributed by atoms with Gasteiger partial charge in [0.15, 0.2) is 0 Å². The van der Waals surface area contributed by atoms with E-state index in [2.05, 4.69) is 42.8 Å². The molecule has 0 aliphatic rings. The largest absolute Gasteiger partial charge is 0.476 e. The molecule has 0 unspecified atom stereocenters. The molecule has 4 heteroatoms. The summed E-state index contributed by atoms with van der Waals surface area (Å²) in [7, 11) is 0. The highest BCUT2D eigenvalue weighted by molar-refractivity contribution is 5.66. The van der Waals surface area contributed by atoms with Gasteiger partial charge in [0.2, 0.25) is 5.88 Å². The molecule has 2 aromatic rings. The average molecular weight is 285 g/mol. The average Bonchev–Trinajstić information content (AvgIpc) is 2.50. The maximum Gasteiger partial charge on any atom is 0.239 e. The number of anilines is 3. The summed E-state index contributed by atoms with van der Waals surface area (Å²) in [5.41, 5.74) is 8.88. The fourth-order valence-corrected chi connectivity index (χ4v) is 2.23. The predicted molar refractivity (Wildman–Crippen MR) is 88.3 cm³/mol. The molecule has 0 fully saturated rings. The molecule has 0 saturated heterocycles. The van der Waals surface area contributed by atoms with Crippen molar-refractivity contribution in [3.63, 3.8) is 0 Å². The molecular weight excluding hydrogens is 262 g/mol. The Kier molecular flexibility index (Phi) is 5.04. The van der Waals surface area contributed by atoms with Gasteiger partial charge in [-0.05, 0) is 44.0 Å². The maximum atomic E-state index is 5.93. The van der Waals surface area contributed by atoms with Crippen LogP contribution >= 0.6 is 0 Å². The Morgan fingerprint density at radius 1 is 1.14 bits per heavy atom. The Morgan fingerprint density at radius 3 is 2.57 bits per heavy atom. The van der Waals surface area contributed by atoms with Gasteiger partial charge in [-0.3, -0.25) is 0 Å². The molecule has 0 spiro atoms. The number of nitrogens with two attached hydrogens (primary N) is 1. The van der Waals surface area contributed by atoms with Gasteiger partial charge in [-0.2, -0.15) is 4.98 Å². The third-order valence-electron chi connectivity index (χ3n) is 3.32. The van der Waals surface area contributed by atoms with E-state index < -0.39 is 0 Å². The van der Waals surface area contributed by atoms with Crippen LogP contribution in [0, 0.1) is 6.92 Å². The number of ether oxygens (including phenoxy) is 1. The third kappa shape index (κ3) is 3.45. The highest BCUT2D eigenvalue weighted by atomic mass is 16.5. The summed E-state index contributed by atoms with van der Waals surface area (Å²) in [6.07, 6.45) is 0.931. The maximum absolute atomic E-state index is 5.93. The quantitative estimate of drug-likeness (QED) is 0.874. The molecule has 0 aliphatic carbocycles. The van der Waals surface area contributed by atoms with Gasteiger partial charge in [0, 0.05) is 12.2 Å². The Morgan fingerprint density at radius 2 is 1.90 bits per heavy atom. The zero-order chi connectivity index (χ0) is 15.2. The first-order valence-electron chi connectivity index (χ1n) is 7.39. The highest BCUT2D eigenvalue weighted by Gasteiger charge is 2.13. The summed E-state index contributed by atoms with van der Waals surface area (Å²) in [6, 6.07) is 12.1. The summed E-state index contributed by atoms with van der Waals surface area (Å²) in [5, 5.41) is 0. The number of hydrogen-bond acceptors (Lipinski definition) is 4. The molecule has 4 nitrogen and oxygen atoms in total. The summed E-state index contributed by atoms with van der Waals surface area (Å²) < 4.78 is 5.62. The van der Waals surface area contributed by atoms with Crippen molar-refractivity contribution in [3.8, 4) is 5.88 Å². The standard InChI is InChI=1S/C17H23N3O/c1-4-12-21-17-14(18)10-11-16(19-17)20(5-2)15-9-7-6-8-13(15)3/h6-11H,4-5,12,18H2,1-3H3. The molecule has 1 heterocycles. The fourth-order valence-electron chi connectivity index (χ4n) is 2.23. The van der Waals surface area contributed by atoms with Crippen molar-refractivity contribution in [3.05, 3.63) is 42.0 Å². The zero-order valence-corrected chi connectivity index (χ0v) is 13.0. The summed E-state index contributed by atoms with van der Waals surface area (Å²) in [4.78, 5) is 6.74. The Bertz CT molecular complexity index is 598. The second-order valence-electron chi connectivity index (χ2n) is 4.94. The van der Waals surface area contributed by atoms with Crippen LogP contribution in [0.25, 0.3) is 0 Å². The van der Waals surface area contributed by atoms with Crippen LogP contribution in [0.15, 0.2) is 36.4 Å². The van der Waals surface area contributed by atoms with Crippen molar-refractivity contribution in [2.45, 2.75) is 27.2 Å². The first-order valence-corrected chi connectivity index (χ1v) is 7.39. The molecule has 2 N–H and O–H groups in total. The van der Waals surface area contributed by atoms with E-state index in [1.807, 2.05) is 24.3 Å². The SMILES string of the molecule is CCCOc1nc(N(CC)c2ccccc2C)ccc1N. The van der Waals surface area contributed by atoms with Crippen molar-refractivity contribution < 1.29 is 4.74 Å². The molecule has 2 rings (SSSR count). The van der Waals surface area contributed by atoms with E-state index in [0.717, 1.165) is 24.5 Å². The lowest BCUT2D eigenvalue weighted by atomic mass is 10.2. The van der Waals surface area contributed by atoms with Gasteiger partial charge in [-0.25, -0.2) is 0 Å². The van der Waals surface area contributed by atoms with Crippen molar-refractivity contribution in [2.24, 2.45) is 0 Å². The normalized spacial score (nSPS) is 10.4. The molecule has 0 radical (unpaired) electrons. The Hall–Kier alpha value is -2.23. The molecule has 0 amide bonds. The van der Waals surface area contributed by atoms with E-state index in [0.29, 0.717) is 18.2 Å². The van der Waals surface area contributed by atoms with Crippen LogP contribution in [0.5, 0.6) is 5.88 Å². The number of aryl methyl sites for hydroxylation is 1. The molecule has 1 aromatic carbocycles. The lowest BCUT2D eigenvalue weighted by molar-refractivity contribution is 0.307. The molecule has 0 saturated carbocycles.